The van der Waals surface area contributed by atoms with Crippen molar-refractivity contribution in [2.24, 2.45) is 0 Å². The lowest BCUT2D eigenvalue weighted by molar-refractivity contribution is 0.314. The molecule has 1 saturated heterocycles. The number of rotatable bonds is 3. The number of nitriles is 1. The summed E-state index contributed by atoms with van der Waals surface area (Å²) in [5.41, 5.74) is 1.44. The van der Waals surface area contributed by atoms with Gasteiger partial charge in [-0.25, -0.2) is 4.98 Å². The van der Waals surface area contributed by atoms with Crippen LogP contribution in [0.5, 0.6) is 0 Å². The SMILES string of the molecule is CN(CC1CCCN1C)c1cccnc1C#N. The van der Waals surface area contributed by atoms with Crippen molar-refractivity contribution in [1.29, 1.82) is 5.26 Å². The van der Waals surface area contributed by atoms with Gasteiger partial charge >= 0.3 is 0 Å². The van der Waals surface area contributed by atoms with Crippen LogP contribution in [-0.4, -0.2) is 43.1 Å². The Morgan fingerprint density at radius 2 is 2.47 bits per heavy atom. The number of likely N-dealkylation sites (N-methyl/N-ethyl adjacent to an activating group) is 2. The van der Waals surface area contributed by atoms with E-state index in [0.29, 0.717) is 11.7 Å². The minimum Gasteiger partial charge on any atom is -0.371 e. The van der Waals surface area contributed by atoms with Crippen molar-refractivity contribution >= 4 is 5.69 Å². The second-order valence-electron chi connectivity index (χ2n) is 4.64. The molecule has 0 radical (unpaired) electrons. The first-order valence-electron chi connectivity index (χ1n) is 5.99. The summed E-state index contributed by atoms with van der Waals surface area (Å²) in [5.74, 6) is 0. The van der Waals surface area contributed by atoms with E-state index in [2.05, 4.69) is 27.9 Å². The maximum absolute atomic E-state index is 9.03. The highest BCUT2D eigenvalue weighted by Gasteiger charge is 2.22. The number of hydrogen-bond donors (Lipinski definition) is 0. The van der Waals surface area contributed by atoms with Gasteiger partial charge in [0.15, 0.2) is 5.69 Å². The van der Waals surface area contributed by atoms with Crippen LogP contribution in [0.1, 0.15) is 18.5 Å². The van der Waals surface area contributed by atoms with Gasteiger partial charge in [-0.1, -0.05) is 0 Å². The van der Waals surface area contributed by atoms with Crippen LogP contribution in [0.4, 0.5) is 5.69 Å². The average Bonchev–Trinajstić information content (AvgIpc) is 2.75. The third-order valence-electron chi connectivity index (χ3n) is 3.46. The minimum atomic E-state index is 0.510. The lowest BCUT2D eigenvalue weighted by Gasteiger charge is -2.27. The average molecular weight is 230 g/mol. The molecule has 0 bridgehead atoms. The molecule has 0 amide bonds. The molecule has 1 atom stereocenters. The van der Waals surface area contributed by atoms with Crippen molar-refractivity contribution in [2.75, 3.05) is 32.1 Å². The van der Waals surface area contributed by atoms with E-state index in [1.807, 2.05) is 19.2 Å². The van der Waals surface area contributed by atoms with Gasteiger partial charge in [0.2, 0.25) is 0 Å². The van der Waals surface area contributed by atoms with E-state index in [9.17, 15) is 0 Å². The molecule has 2 heterocycles. The molecule has 2 rings (SSSR count). The zero-order chi connectivity index (χ0) is 12.3. The Kier molecular flexibility index (Phi) is 3.60. The Bertz CT molecular complexity index is 424. The Hall–Kier alpha value is -1.60. The fourth-order valence-corrected chi connectivity index (χ4v) is 2.42. The van der Waals surface area contributed by atoms with Crippen LogP contribution in [0.25, 0.3) is 0 Å². The lowest BCUT2D eigenvalue weighted by atomic mass is 10.2. The van der Waals surface area contributed by atoms with Crippen LogP contribution in [0.3, 0.4) is 0 Å². The Morgan fingerprint density at radius 3 is 3.12 bits per heavy atom. The number of anilines is 1. The molecule has 0 aromatic carbocycles. The Balaban J connectivity index is 2.09. The summed E-state index contributed by atoms with van der Waals surface area (Å²) in [4.78, 5) is 8.62. The van der Waals surface area contributed by atoms with Crippen LogP contribution in [0.2, 0.25) is 0 Å². The molecule has 1 unspecified atom stereocenters. The lowest BCUT2D eigenvalue weighted by Crippen LogP contribution is -2.36. The predicted octanol–water partition coefficient (Wildman–Crippen LogP) is 1.48. The zero-order valence-corrected chi connectivity index (χ0v) is 10.4. The van der Waals surface area contributed by atoms with E-state index >= 15 is 0 Å². The first-order chi connectivity index (χ1) is 8.22. The smallest absolute Gasteiger partial charge is 0.163 e. The number of aromatic nitrogens is 1. The van der Waals surface area contributed by atoms with Crippen LogP contribution in [0.15, 0.2) is 18.3 Å². The summed E-state index contributed by atoms with van der Waals surface area (Å²) in [6.07, 6.45) is 4.17. The van der Waals surface area contributed by atoms with Gasteiger partial charge in [0.1, 0.15) is 6.07 Å². The molecule has 4 nitrogen and oxygen atoms in total. The molecule has 1 aliphatic rings. The Labute approximate surface area is 102 Å². The summed E-state index contributed by atoms with van der Waals surface area (Å²) in [6.45, 7) is 2.13. The standard InChI is InChI=1S/C13H18N4/c1-16-8-4-5-11(16)10-17(2)13-6-3-7-15-12(13)9-14/h3,6-7,11H,4-5,8,10H2,1-2H3. The van der Waals surface area contributed by atoms with Crippen molar-refractivity contribution in [3.05, 3.63) is 24.0 Å². The highest BCUT2D eigenvalue weighted by molar-refractivity contribution is 5.55. The molecular formula is C13H18N4. The van der Waals surface area contributed by atoms with E-state index in [-0.39, 0.29) is 0 Å². The highest BCUT2D eigenvalue weighted by atomic mass is 15.2. The quantitative estimate of drug-likeness (QED) is 0.789. The topological polar surface area (TPSA) is 43.2 Å². The number of pyridine rings is 1. The summed E-state index contributed by atoms with van der Waals surface area (Å²) in [5, 5.41) is 9.03. The van der Waals surface area contributed by atoms with Gasteiger partial charge in [-0.05, 0) is 38.6 Å². The molecule has 0 N–H and O–H groups in total. The molecule has 0 saturated carbocycles. The number of likely N-dealkylation sites (tertiary alicyclic amines) is 1. The fourth-order valence-electron chi connectivity index (χ4n) is 2.42. The first kappa shape index (κ1) is 11.9. The highest BCUT2D eigenvalue weighted by Crippen LogP contribution is 2.20. The minimum absolute atomic E-state index is 0.510. The van der Waals surface area contributed by atoms with Gasteiger partial charge in [-0.15, -0.1) is 0 Å². The molecular weight excluding hydrogens is 212 g/mol. The van der Waals surface area contributed by atoms with Gasteiger partial charge in [0.05, 0.1) is 5.69 Å². The Morgan fingerprint density at radius 1 is 1.65 bits per heavy atom. The number of nitrogens with zero attached hydrogens (tertiary/aromatic N) is 4. The molecule has 1 fully saturated rings. The van der Waals surface area contributed by atoms with E-state index in [0.717, 1.165) is 12.2 Å². The summed E-state index contributed by atoms with van der Waals surface area (Å²) in [7, 11) is 4.20. The van der Waals surface area contributed by atoms with Gasteiger partial charge in [0, 0.05) is 25.8 Å². The van der Waals surface area contributed by atoms with E-state index in [4.69, 9.17) is 5.26 Å². The second kappa shape index (κ2) is 5.15. The van der Waals surface area contributed by atoms with Gasteiger partial charge in [-0.2, -0.15) is 5.26 Å². The van der Waals surface area contributed by atoms with Crippen molar-refractivity contribution < 1.29 is 0 Å². The fraction of sp³-hybridized carbons (Fsp3) is 0.538. The van der Waals surface area contributed by atoms with Crippen LogP contribution in [-0.2, 0) is 0 Å². The zero-order valence-electron chi connectivity index (χ0n) is 10.4. The monoisotopic (exact) mass is 230 g/mol. The van der Waals surface area contributed by atoms with Crippen LogP contribution in [0, 0.1) is 11.3 Å². The second-order valence-corrected chi connectivity index (χ2v) is 4.64. The summed E-state index contributed by atoms with van der Waals surface area (Å²) >= 11 is 0. The molecule has 17 heavy (non-hydrogen) atoms. The molecule has 4 heteroatoms. The van der Waals surface area contributed by atoms with Gasteiger partial charge < -0.3 is 9.80 Å². The molecule has 0 aliphatic carbocycles. The van der Waals surface area contributed by atoms with E-state index in [1.54, 1.807) is 6.20 Å². The molecule has 1 aromatic heterocycles. The molecule has 1 aliphatic heterocycles. The summed E-state index contributed by atoms with van der Waals surface area (Å²) in [6, 6.07) is 6.57. The molecule has 1 aromatic rings. The van der Waals surface area contributed by atoms with Crippen molar-refractivity contribution in [1.82, 2.24) is 9.88 Å². The maximum Gasteiger partial charge on any atom is 0.163 e. The molecule has 0 spiro atoms. The third-order valence-corrected chi connectivity index (χ3v) is 3.46. The first-order valence-corrected chi connectivity index (χ1v) is 5.99. The molecule has 90 valence electrons. The van der Waals surface area contributed by atoms with Crippen molar-refractivity contribution in [2.45, 2.75) is 18.9 Å². The van der Waals surface area contributed by atoms with Crippen molar-refractivity contribution in [3.8, 4) is 6.07 Å². The van der Waals surface area contributed by atoms with Crippen LogP contribution >= 0.6 is 0 Å². The van der Waals surface area contributed by atoms with E-state index < -0.39 is 0 Å². The van der Waals surface area contributed by atoms with Gasteiger partial charge in [-0.3, -0.25) is 0 Å². The predicted molar refractivity (Wildman–Crippen MR) is 67.9 cm³/mol. The maximum atomic E-state index is 9.03. The largest absolute Gasteiger partial charge is 0.371 e. The van der Waals surface area contributed by atoms with Crippen molar-refractivity contribution in [3.63, 3.8) is 0 Å². The van der Waals surface area contributed by atoms with E-state index in [1.165, 1.54) is 19.4 Å². The number of hydrogen-bond acceptors (Lipinski definition) is 4. The summed E-state index contributed by atoms with van der Waals surface area (Å²) < 4.78 is 0. The third kappa shape index (κ3) is 2.56. The van der Waals surface area contributed by atoms with Gasteiger partial charge in [0.25, 0.3) is 0 Å². The normalized spacial score (nSPS) is 20.2. The van der Waals surface area contributed by atoms with Crippen LogP contribution < -0.4 is 4.90 Å².